The van der Waals surface area contributed by atoms with Gasteiger partial charge in [0.05, 0.1) is 33.3 Å². The molecule has 0 saturated heterocycles. The Morgan fingerprint density at radius 3 is 2.19 bits per heavy atom. The summed E-state index contributed by atoms with van der Waals surface area (Å²) in [6.07, 6.45) is 1.34. The van der Waals surface area contributed by atoms with E-state index in [1.54, 1.807) is 44.2 Å². The van der Waals surface area contributed by atoms with Gasteiger partial charge in [0.15, 0.2) is 0 Å². The van der Waals surface area contributed by atoms with Crippen LogP contribution < -0.4 is 23.8 Å². The van der Waals surface area contributed by atoms with Crippen LogP contribution in [0.15, 0.2) is 42.5 Å². The Morgan fingerprint density at radius 1 is 0.972 bits per heavy atom. The Labute approximate surface area is 213 Å². The smallest absolute Gasteiger partial charge is 0.244 e. The monoisotopic (exact) mass is 521 g/mol. The van der Waals surface area contributed by atoms with Gasteiger partial charge in [0, 0.05) is 19.2 Å². The standard InChI is InChI=1S/C25H35N3O7S/c1-7-21(25(30)26-8-2)27(16-18-10-9-11-19(14-18)33-3)24(29)17-28(36(6,31)32)22-15-20(34-4)12-13-23(22)35-5/h9-15,21H,7-8,16-17H2,1-6H3,(H,26,30)/t21-/m0/s1. The fourth-order valence-electron chi connectivity index (χ4n) is 3.77. The van der Waals surface area contributed by atoms with E-state index in [0.717, 1.165) is 16.1 Å². The van der Waals surface area contributed by atoms with Gasteiger partial charge < -0.3 is 24.4 Å². The zero-order chi connectivity index (χ0) is 26.9. The Hall–Kier alpha value is -3.47. The lowest BCUT2D eigenvalue weighted by molar-refractivity contribution is -0.140. The number of anilines is 1. The molecule has 0 saturated carbocycles. The molecule has 0 radical (unpaired) electrons. The van der Waals surface area contributed by atoms with Gasteiger partial charge in [0.1, 0.15) is 29.8 Å². The first-order valence-electron chi connectivity index (χ1n) is 11.5. The Morgan fingerprint density at radius 2 is 1.64 bits per heavy atom. The molecule has 2 amide bonds. The molecule has 11 heteroatoms. The van der Waals surface area contributed by atoms with Crippen molar-refractivity contribution in [2.75, 3.05) is 45.0 Å². The Kier molecular flexibility index (Phi) is 10.4. The van der Waals surface area contributed by atoms with Gasteiger partial charge in [-0.2, -0.15) is 0 Å². The summed E-state index contributed by atoms with van der Waals surface area (Å²) in [6.45, 7) is 3.53. The van der Waals surface area contributed by atoms with Crippen molar-refractivity contribution >= 4 is 27.5 Å². The number of methoxy groups -OCH3 is 3. The topological polar surface area (TPSA) is 114 Å². The number of sulfonamides is 1. The minimum atomic E-state index is -3.92. The van der Waals surface area contributed by atoms with E-state index in [2.05, 4.69) is 5.32 Å². The van der Waals surface area contributed by atoms with E-state index >= 15 is 0 Å². The SMILES string of the molecule is CCNC(=O)[C@H](CC)N(Cc1cccc(OC)c1)C(=O)CN(c1cc(OC)ccc1OC)S(C)(=O)=O. The molecule has 0 aliphatic carbocycles. The van der Waals surface area contributed by atoms with Crippen LogP contribution in [0.4, 0.5) is 5.69 Å². The molecular formula is C25H35N3O7S. The summed E-state index contributed by atoms with van der Waals surface area (Å²) in [5.41, 5.74) is 0.885. The van der Waals surface area contributed by atoms with Crippen molar-refractivity contribution in [3.8, 4) is 17.2 Å². The largest absolute Gasteiger partial charge is 0.497 e. The summed E-state index contributed by atoms with van der Waals surface area (Å²) in [5, 5.41) is 2.76. The van der Waals surface area contributed by atoms with Crippen molar-refractivity contribution < 1.29 is 32.2 Å². The van der Waals surface area contributed by atoms with Crippen LogP contribution in [0.3, 0.4) is 0 Å². The van der Waals surface area contributed by atoms with Gasteiger partial charge in [0.2, 0.25) is 21.8 Å². The summed E-state index contributed by atoms with van der Waals surface area (Å²) in [4.78, 5) is 28.0. The number of nitrogens with one attached hydrogen (secondary N) is 1. The van der Waals surface area contributed by atoms with Crippen molar-refractivity contribution in [1.82, 2.24) is 10.2 Å². The average Bonchev–Trinajstić information content (AvgIpc) is 2.86. The molecule has 0 unspecified atom stereocenters. The second kappa shape index (κ2) is 13.0. The molecule has 2 rings (SSSR count). The van der Waals surface area contributed by atoms with Crippen LogP contribution in [0.5, 0.6) is 17.2 Å². The van der Waals surface area contributed by atoms with Gasteiger partial charge >= 0.3 is 0 Å². The zero-order valence-corrected chi connectivity index (χ0v) is 22.4. The van der Waals surface area contributed by atoms with Crippen molar-refractivity contribution in [3.05, 3.63) is 48.0 Å². The minimum absolute atomic E-state index is 0.0819. The number of ether oxygens (including phenoxy) is 3. The molecule has 0 spiro atoms. The van der Waals surface area contributed by atoms with Crippen LogP contribution in [0.1, 0.15) is 25.8 Å². The number of nitrogens with zero attached hydrogens (tertiary/aromatic N) is 2. The number of likely N-dealkylation sites (N-methyl/N-ethyl adjacent to an activating group) is 1. The first-order valence-corrected chi connectivity index (χ1v) is 13.3. The highest BCUT2D eigenvalue weighted by atomic mass is 32.2. The summed E-state index contributed by atoms with van der Waals surface area (Å²) in [6, 6.07) is 11.0. The maximum Gasteiger partial charge on any atom is 0.244 e. The molecule has 10 nitrogen and oxygen atoms in total. The van der Waals surface area contributed by atoms with E-state index in [1.165, 1.54) is 32.3 Å². The van der Waals surface area contributed by atoms with Crippen LogP contribution in [0.2, 0.25) is 0 Å². The third kappa shape index (κ3) is 7.27. The zero-order valence-electron chi connectivity index (χ0n) is 21.6. The molecule has 2 aromatic carbocycles. The minimum Gasteiger partial charge on any atom is -0.497 e. The van der Waals surface area contributed by atoms with E-state index in [-0.39, 0.29) is 23.9 Å². The van der Waals surface area contributed by atoms with Gasteiger partial charge in [-0.25, -0.2) is 8.42 Å². The van der Waals surface area contributed by atoms with Gasteiger partial charge in [-0.3, -0.25) is 13.9 Å². The van der Waals surface area contributed by atoms with Crippen LogP contribution in [-0.4, -0.2) is 71.8 Å². The molecule has 0 aliphatic heterocycles. The highest BCUT2D eigenvalue weighted by Gasteiger charge is 2.32. The molecule has 36 heavy (non-hydrogen) atoms. The van der Waals surface area contributed by atoms with E-state index in [1.807, 2.05) is 6.07 Å². The molecule has 0 fully saturated rings. The lowest BCUT2D eigenvalue weighted by Gasteiger charge is -2.33. The third-order valence-electron chi connectivity index (χ3n) is 5.56. The Bertz CT molecular complexity index is 1150. The number of hydrogen-bond donors (Lipinski definition) is 1. The second-order valence-electron chi connectivity index (χ2n) is 8.00. The predicted octanol–water partition coefficient (Wildman–Crippen LogP) is 2.42. The van der Waals surface area contributed by atoms with Crippen molar-refractivity contribution in [2.24, 2.45) is 0 Å². The number of amides is 2. The molecule has 0 aromatic heterocycles. The molecule has 0 aliphatic rings. The summed E-state index contributed by atoms with van der Waals surface area (Å²) < 4.78 is 42.5. The quantitative estimate of drug-likeness (QED) is 0.431. The van der Waals surface area contributed by atoms with Crippen LogP contribution in [-0.2, 0) is 26.2 Å². The van der Waals surface area contributed by atoms with Crippen LogP contribution in [0, 0.1) is 0 Å². The maximum atomic E-state index is 13.7. The summed E-state index contributed by atoms with van der Waals surface area (Å²) in [5.74, 6) is 0.384. The maximum absolute atomic E-state index is 13.7. The van der Waals surface area contributed by atoms with Crippen LogP contribution in [0.25, 0.3) is 0 Å². The van der Waals surface area contributed by atoms with Crippen molar-refractivity contribution in [2.45, 2.75) is 32.9 Å². The highest BCUT2D eigenvalue weighted by molar-refractivity contribution is 7.92. The molecule has 2 aromatic rings. The number of carbonyl (C=O) groups excluding carboxylic acids is 2. The molecular weight excluding hydrogens is 486 g/mol. The Balaban J connectivity index is 2.53. The van der Waals surface area contributed by atoms with E-state index in [0.29, 0.717) is 24.5 Å². The van der Waals surface area contributed by atoms with Crippen molar-refractivity contribution in [1.29, 1.82) is 0 Å². The van der Waals surface area contributed by atoms with Gasteiger partial charge in [-0.1, -0.05) is 19.1 Å². The number of hydrogen-bond acceptors (Lipinski definition) is 7. The summed E-state index contributed by atoms with van der Waals surface area (Å²) in [7, 11) is 0.480. The fraction of sp³-hybridized carbons (Fsp3) is 0.440. The lowest BCUT2D eigenvalue weighted by atomic mass is 10.1. The molecule has 1 atom stereocenters. The molecule has 198 valence electrons. The van der Waals surface area contributed by atoms with Gasteiger partial charge in [-0.15, -0.1) is 0 Å². The predicted molar refractivity (Wildman–Crippen MR) is 138 cm³/mol. The van der Waals surface area contributed by atoms with E-state index in [4.69, 9.17) is 14.2 Å². The molecule has 1 N–H and O–H groups in total. The number of benzene rings is 2. The van der Waals surface area contributed by atoms with Crippen LogP contribution >= 0.6 is 0 Å². The first-order chi connectivity index (χ1) is 17.1. The lowest BCUT2D eigenvalue weighted by Crippen LogP contribution is -2.52. The molecule has 0 heterocycles. The highest BCUT2D eigenvalue weighted by Crippen LogP contribution is 2.34. The summed E-state index contributed by atoms with van der Waals surface area (Å²) >= 11 is 0. The average molecular weight is 522 g/mol. The fourth-order valence-corrected chi connectivity index (χ4v) is 4.61. The number of carbonyl (C=O) groups is 2. The molecule has 0 bridgehead atoms. The third-order valence-corrected chi connectivity index (χ3v) is 6.68. The van der Waals surface area contributed by atoms with Gasteiger partial charge in [-0.05, 0) is 43.2 Å². The second-order valence-corrected chi connectivity index (χ2v) is 9.91. The number of rotatable bonds is 13. The van der Waals surface area contributed by atoms with Crippen molar-refractivity contribution in [3.63, 3.8) is 0 Å². The first kappa shape index (κ1) is 28.8. The van der Waals surface area contributed by atoms with Gasteiger partial charge in [0.25, 0.3) is 0 Å². The van der Waals surface area contributed by atoms with E-state index in [9.17, 15) is 18.0 Å². The van der Waals surface area contributed by atoms with E-state index < -0.39 is 28.5 Å². The normalized spacial score (nSPS) is 11.8.